The van der Waals surface area contributed by atoms with Crippen molar-refractivity contribution in [3.8, 4) is 5.88 Å². The monoisotopic (exact) mass is 266 g/mol. The van der Waals surface area contributed by atoms with Gasteiger partial charge in [-0.05, 0) is 31.4 Å². The van der Waals surface area contributed by atoms with Crippen LogP contribution in [0.25, 0.3) is 10.2 Å². The third kappa shape index (κ3) is 3.14. The summed E-state index contributed by atoms with van der Waals surface area (Å²) in [5.74, 6) is 0.649. The van der Waals surface area contributed by atoms with Crippen LogP contribution in [0.2, 0.25) is 0 Å². The van der Waals surface area contributed by atoms with E-state index in [-0.39, 0.29) is 0 Å². The second-order valence-corrected chi connectivity index (χ2v) is 5.19. The minimum absolute atomic E-state index is 0.513. The third-order valence-electron chi connectivity index (χ3n) is 2.52. The lowest BCUT2D eigenvalue weighted by Gasteiger charge is -2.09. The molecular formula is C12H18N4OS. The number of aromatic nitrogens is 3. The highest BCUT2D eigenvalue weighted by atomic mass is 32.1. The van der Waals surface area contributed by atoms with Gasteiger partial charge in [0.1, 0.15) is 6.33 Å². The Labute approximate surface area is 111 Å². The van der Waals surface area contributed by atoms with Gasteiger partial charge in [0.25, 0.3) is 0 Å². The Bertz CT molecular complexity index is 512. The normalized spacial score (nSPS) is 11.3. The average molecular weight is 266 g/mol. The van der Waals surface area contributed by atoms with E-state index in [4.69, 9.17) is 4.74 Å². The molecule has 5 nitrogen and oxygen atoms in total. The van der Waals surface area contributed by atoms with Crippen molar-refractivity contribution in [1.82, 2.24) is 19.7 Å². The predicted octanol–water partition coefficient (Wildman–Crippen LogP) is 2.16. The van der Waals surface area contributed by atoms with Crippen LogP contribution in [0.4, 0.5) is 0 Å². The van der Waals surface area contributed by atoms with Gasteiger partial charge >= 0.3 is 0 Å². The summed E-state index contributed by atoms with van der Waals surface area (Å²) in [4.78, 5) is 9.26. The van der Waals surface area contributed by atoms with Gasteiger partial charge in [-0.2, -0.15) is 4.37 Å². The van der Waals surface area contributed by atoms with Crippen LogP contribution >= 0.6 is 11.5 Å². The van der Waals surface area contributed by atoms with Gasteiger partial charge in [0.2, 0.25) is 5.88 Å². The van der Waals surface area contributed by atoms with Crippen molar-refractivity contribution < 1.29 is 4.74 Å². The highest BCUT2D eigenvalue weighted by molar-refractivity contribution is 7.13. The number of rotatable bonds is 6. The minimum Gasteiger partial charge on any atom is -0.477 e. The fourth-order valence-corrected chi connectivity index (χ4v) is 2.37. The smallest absolute Gasteiger partial charge is 0.227 e. The van der Waals surface area contributed by atoms with E-state index in [2.05, 4.69) is 33.5 Å². The molecule has 0 aliphatic carbocycles. The van der Waals surface area contributed by atoms with Crippen molar-refractivity contribution in [1.29, 1.82) is 0 Å². The molecule has 0 atom stereocenters. The Morgan fingerprint density at radius 2 is 2.22 bits per heavy atom. The number of hydrogen-bond donors (Lipinski definition) is 1. The van der Waals surface area contributed by atoms with Crippen LogP contribution in [0.1, 0.15) is 26.0 Å². The molecule has 98 valence electrons. The molecule has 0 unspecified atom stereocenters. The Morgan fingerprint density at radius 3 is 3.00 bits per heavy atom. The second-order valence-electron chi connectivity index (χ2n) is 4.44. The number of fused-ring (bicyclic) bond motifs is 1. The first-order chi connectivity index (χ1) is 8.68. The van der Waals surface area contributed by atoms with E-state index in [1.54, 1.807) is 0 Å². The first kappa shape index (κ1) is 13.2. The van der Waals surface area contributed by atoms with Gasteiger partial charge in [0.15, 0.2) is 4.83 Å². The predicted molar refractivity (Wildman–Crippen MR) is 73.2 cm³/mol. The van der Waals surface area contributed by atoms with E-state index in [9.17, 15) is 0 Å². The molecule has 2 aromatic heterocycles. The van der Waals surface area contributed by atoms with Crippen LogP contribution in [0, 0.1) is 6.92 Å². The zero-order valence-corrected chi connectivity index (χ0v) is 11.8. The summed E-state index contributed by atoms with van der Waals surface area (Å²) in [7, 11) is 0. The van der Waals surface area contributed by atoms with Crippen LogP contribution < -0.4 is 10.1 Å². The molecule has 2 rings (SSSR count). The Morgan fingerprint density at radius 1 is 1.39 bits per heavy atom. The number of nitrogens with one attached hydrogen (secondary N) is 1. The van der Waals surface area contributed by atoms with Crippen LogP contribution in [0.5, 0.6) is 5.88 Å². The molecule has 0 saturated carbocycles. The summed E-state index contributed by atoms with van der Waals surface area (Å²) in [5.41, 5.74) is 0.936. The third-order valence-corrected chi connectivity index (χ3v) is 3.37. The quantitative estimate of drug-likeness (QED) is 0.812. The van der Waals surface area contributed by atoms with E-state index in [1.807, 2.05) is 6.92 Å². The van der Waals surface area contributed by atoms with Crippen molar-refractivity contribution in [3.63, 3.8) is 0 Å². The lowest BCUT2D eigenvalue weighted by molar-refractivity contribution is 0.298. The zero-order chi connectivity index (χ0) is 13.0. The molecule has 6 heteroatoms. The molecule has 0 saturated heterocycles. The van der Waals surface area contributed by atoms with Gasteiger partial charge in [-0.1, -0.05) is 13.8 Å². The second kappa shape index (κ2) is 6.06. The first-order valence-electron chi connectivity index (χ1n) is 6.11. The maximum Gasteiger partial charge on any atom is 0.227 e. The number of ether oxygens (including phenoxy) is 1. The van der Waals surface area contributed by atoms with E-state index in [0.717, 1.165) is 28.9 Å². The van der Waals surface area contributed by atoms with Gasteiger partial charge < -0.3 is 10.1 Å². The van der Waals surface area contributed by atoms with Gasteiger partial charge in [0.05, 0.1) is 17.7 Å². The van der Waals surface area contributed by atoms with Crippen molar-refractivity contribution >= 4 is 21.7 Å². The average Bonchev–Trinajstić information content (AvgIpc) is 2.71. The van der Waals surface area contributed by atoms with E-state index in [1.165, 1.54) is 17.9 Å². The van der Waals surface area contributed by atoms with Crippen molar-refractivity contribution in [2.24, 2.45) is 0 Å². The Hall–Kier alpha value is -1.27. The lowest BCUT2D eigenvalue weighted by Crippen LogP contribution is -2.24. The largest absolute Gasteiger partial charge is 0.477 e. The molecule has 0 bridgehead atoms. The standard InChI is InChI=1S/C12H18N4OS/c1-8(2)13-5-4-6-17-11-10-9(3)16-18-12(10)15-7-14-11/h7-8,13H,4-6H2,1-3H3. The van der Waals surface area contributed by atoms with Gasteiger partial charge in [-0.15, -0.1) is 0 Å². The topological polar surface area (TPSA) is 59.9 Å². The van der Waals surface area contributed by atoms with Crippen LogP contribution in [-0.4, -0.2) is 33.5 Å². The maximum absolute atomic E-state index is 5.72. The van der Waals surface area contributed by atoms with Gasteiger partial charge in [0, 0.05) is 6.04 Å². The Kier molecular flexibility index (Phi) is 4.43. The summed E-state index contributed by atoms with van der Waals surface area (Å²) >= 11 is 1.38. The molecular weight excluding hydrogens is 248 g/mol. The molecule has 2 aromatic rings. The van der Waals surface area contributed by atoms with E-state index in [0.29, 0.717) is 18.5 Å². The summed E-state index contributed by atoms with van der Waals surface area (Å²) in [6.45, 7) is 7.83. The van der Waals surface area contributed by atoms with Crippen LogP contribution in [0.3, 0.4) is 0 Å². The Balaban J connectivity index is 1.93. The molecule has 18 heavy (non-hydrogen) atoms. The summed E-state index contributed by atoms with van der Waals surface area (Å²) in [5, 5.41) is 4.30. The van der Waals surface area contributed by atoms with Gasteiger partial charge in [-0.3, -0.25) is 0 Å². The molecule has 2 heterocycles. The highest BCUT2D eigenvalue weighted by Crippen LogP contribution is 2.27. The van der Waals surface area contributed by atoms with Crippen molar-refractivity contribution in [3.05, 3.63) is 12.0 Å². The van der Waals surface area contributed by atoms with Gasteiger partial charge in [-0.25, -0.2) is 9.97 Å². The van der Waals surface area contributed by atoms with Crippen molar-refractivity contribution in [2.45, 2.75) is 33.2 Å². The zero-order valence-electron chi connectivity index (χ0n) is 10.9. The summed E-state index contributed by atoms with van der Waals surface area (Å²) in [6.07, 6.45) is 2.49. The maximum atomic E-state index is 5.72. The molecule has 0 amide bonds. The number of aryl methyl sites for hydroxylation is 1. The minimum atomic E-state index is 0.513. The molecule has 0 spiro atoms. The van der Waals surface area contributed by atoms with Crippen LogP contribution in [0.15, 0.2) is 6.33 Å². The SMILES string of the molecule is Cc1nsc2ncnc(OCCCNC(C)C)c12. The summed E-state index contributed by atoms with van der Waals surface area (Å²) < 4.78 is 9.99. The number of hydrogen-bond acceptors (Lipinski definition) is 6. The summed E-state index contributed by atoms with van der Waals surface area (Å²) in [6, 6.07) is 0.513. The van der Waals surface area contributed by atoms with E-state index >= 15 is 0 Å². The molecule has 0 aliphatic heterocycles. The number of nitrogens with zero attached hydrogens (tertiary/aromatic N) is 3. The fourth-order valence-electron chi connectivity index (χ4n) is 1.63. The molecule has 0 fully saturated rings. The first-order valence-corrected chi connectivity index (χ1v) is 6.89. The van der Waals surface area contributed by atoms with E-state index < -0.39 is 0 Å². The lowest BCUT2D eigenvalue weighted by atomic mass is 10.3. The van der Waals surface area contributed by atoms with Crippen LogP contribution in [-0.2, 0) is 0 Å². The fraction of sp³-hybridized carbons (Fsp3) is 0.583. The molecule has 0 radical (unpaired) electrons. The molecule has 0 aromatic carbocycles. The molecule has 1 N–H and O–H groups in total. The van der Waals surface area contributed by atoms with Crippen molar-refractivity contribution in [2.75, 3.05) is 13.2 Å². The molecule has 0 aliphatic rings. The highest BCUT2D eigenvalue weighted by Gasteiger charge is 2.10.